The van der Waals surface area contributed by atoms with E-state index >= 15 is 0 Å². The van der Waals surface area contributed by atoms with Gasteiger partial charge in [-0.3, -0.25) is 10.1 Å². The minimum absolute atomic E-state index is 0.0620. The number of nitrogens with one attached hydrogen (secondary N) is 1. The van der Waals surface area contributed by atoms with Crippen LogP contribution < -0.4 is 5.32 Å². The molecule has 0 radical (unpaired) electrons. The van der Waals surface area contributed by atoms with Crippen molar-refractivity contribution in [1.82, 2.24) is 5.32 Å². The van der Waals surface area contributed by atoms with Crippen molar-refractivity contribution in [1.29, 1.82) is 0 Å². The molecule has 5 nitrogen and oxygen atoms in total. The zero-order valence-corrected chi connectivity index (χ0v) is 12.0. The zero-order valence-electron chi connectivity index (χ0n) is 11.2. The summed E-state index contributed by atoms with van der Waals surface area (Å²) < 4.78 is 0. The van der Waals surface area contributed by atoms with Crippen LogP contribution in [0.25, 0.3) is 0 Å². The second kappa shape index (κ2) is 7.02. The van der Waals surface area contributed by atoms with Crippen molar-refractivity contribution in [3.05, 3.63) is 38.9 Å². The van der Waals surface area contributed by atoms with Crippen LogP contribution >= 0.6 is 11.6 Å². The van der Waals surface area contributed by atoms with E-state index in [4.69, 9.17) is 11.6 Å². The lowest BCUT2D eigenvalue weighted by Crippen LogP contribution is -2.27. The van der Waals surface area contributed by atoms with E-state index in [1.54, 1.807) is 6.07 Å². The third kappa shape index (κ3) is 4.16. The van der Waals surface area contributed by atoms with Crippen LogP contribution in [0.15, 0.2) is 18.2 Å². The van der Waals surface area contributed by atoms with Gasteiger partial charge in [0.25, 0.3) is 5.69 Å². The summed E-state index contributed by atoms with van der Waals surface area (Å²) in [5.74, 6) is 0.566. The number of nitro groups is 1. The van der Waals surface area contributed by atoms with Gasteiger partial charge in [-0.25, -0.2) is 0 Å². The molecule has 6 heteroatoms. The molecule has 0 saturated heterocycles. The molecule has 0 bridgehead atoms. The molecule has 1 aliphatic carbocycles. The van der Waals surface area contributed by atoms with E-state index in [1.807, 2.05) is 0 Å². The summed E-state index contributed by atoms with van der Waals surface area (Å²) in [6.07, 6.45) is 3.64. The highest BCUT2D eigenvalue weighted by molar-refractivity contribution is 6.31. The number of rotatable bonds is 5. The summed E-state index contributed by atoms with van der Waals surface area (Å²) in [5, 5.41) is 24.0. The van der Waals surface area contributed by atoms with Gasteiger partial charge in [-0.15, -0.1) is 0 Å². The first kappa shape index (κ1) is 15.2. The summed E-state index contributed by atoms with van der Waals surface area (Å²) in [5.41, 5.74) is 0.809. The maximum atomic E-state index is 10.7. The SMILES string of the molecule is O=[N+]([O-])c1ccc(Cl)c(CNCC2CCC(O)CC2)c1. The van der Waals surface area contributed by atoms with Crippen LogP contribution in [0.4, 0.5) is 5.69 Å². The van der Waals surface area contributed by atoms with Gasteiger partial charge in [0.2, 0.25) is 0 Å². The van der Waals surface area contributed by atoms with E-state index in [1.165, 1.54) is 12.1 Å². The minimum atomic E-state index is -0.414. The molecule has 0 heterocycles. The smallest absolute Gasteiger partial charge is 0.269 e. The third-order valence-corrected chi connectivity index (χ3v) is 4.17. The highest BCUT2D eigenvalue weighted by atomic mass is 35.5. The van der Waals surface area contributed by atoms with E-state index in [0.29, 0.717) is 17.5 Å². The number of non-ortho nitro benzene ring substituents is 1. The van der Waals surface area contributed by atoms with Crippen LogP contribution in [0.3, 0.4) is 0 Å². The normalized spacial score (nSPS) is 22.7. The lowest BCUT2D eigenvalue weighted by Gasteiger charge is -2.25. The first-order valence-corrected chi connectivity index (χ1v) is 7.25. The average Bonchev–Trinajstić information content (AvgIpc) is 2.43. The summed E-state index contributed by atoms with van der Waals surface area (Å²) in [7, 11) is 0. The molecule has 0 aromatic heterocycles. The van der Waals surface area contributed by atoms with Crippen LogP contribution in [0.5, 0.6) is 0 Å². The van der Waals surface area contributed by atoms with Crippen molar-refractivity contribution in [3.8, 4) is 0 Å². The Kier molecular flexibility index (Phi) is 5.34. The van der Waals surface area contributed by atoms with Gasteiger partial charge in [0, 0.05) is 23.7 Å². The lowest BCUT2D eigenvalue weighted by atomic mass is 9.87. The van der Waals surface area contributed by atoms with Crippen molar-refractivity contribution in [2.24, 2.45) is 5.92 Å². The van der Waals surface area contributed by atoms with E-state index in [-0.39, 0.29) is 11.8 Å². The molecular formula is C14H19ClN2O3. The van der Waals surface area contributed by atoms with Gasteiger partial charge in [-0.05, 0) is 49.8 Å². The Bertz CT molecular complexity index is 473. The molecule has 110 valence electrons. The van der Waals surface area contributed by atoms with Gasteiger partial charge >= 0.3 is 0 Å². The number of hydrogen-bond acceptors (Lipinski definition) is 4. The summed E-state index contributed by atoms with van der Waals surface area (Å²) in [4.78, 5) is 10.3. The zero-order chi connectivity index (χ0) is 14.5. The van der Waals surface area contributed by atoms with E-state index in [2.05, 4.69) is 5.32 Å². The minimum Gasteiger partial charge on any atom is -0.393 e. The molecule has 0 amide bonds. The Morgan fingerprint density at radius 1 is 1.35 bits per heavy atom. The monoisotopic (exact) mass is 298 g/mol. The van der Waals surface area contributed by atoms with E-state index in [9.17, 15) is 15.2 Å². The Morgan fingerprint density at radius 3 is 2.70 bits per heavy atom. The van der Waals surface area contributed by atoms with Crippen molar-refractivity contribution in [3.63, 3.8) is 0 Å². The predicted octanol–water partition coefficient (Wildman–Crippen LogP) is 2.89. The molecular weight excluding hydrogens is 280 g/mol. The first-order valence-electron chi connectivity index (χ1n) is 6.88. The fourth-order valence-corrected chi connectivity index (χ4v) is 2.75. The van der Waals surface area contributed by atoms with E-state index < -0.39 is 4.92 Å². The Morgan fingerprint density at radius 2 is 2.05 bits per heavy atom. The molecule has 1 aromatic carbocycles. The third-order valence-electron chi connectivity index (χ3n) is 3.80. The maximum Gasteiger partial charge on any atom is 0.269 e. The van der Waals surface area contributed by atoms with Gasteiger partial charge in [0.15, 0.2) is 0 Å². The second-order valence-electron chi connectivity index (χ2n) is 5.34. The Hall–Kier alpha value is -1.17. The highest BCUT2D eigenvalue weighted by Crippen LogP contribution is 2.24. The van der Waals surface area contributed by atoms with Gasteiger partial charge in [-0.1, -0.05) is 11.6 Å². The fraction of sp³-hybridized carbons (Fsp3) is 0.571. The van der Waals surface area contributed by atoms with Crippen LogP contribution in [0.2, 0.25) is 5.02 Å². The molecule has 2 rings (SSSR count). The number of benzene rings is 1. The maximum absolute atomic E-state index is 10.7. The highest BCUT2D eigenvalue weighted by Gasteiger charge is 2.19. The largest absolute Gasteiger partial charge is 0.393 e. The van der Waals surface area contributed by atoms with Crippen LogP contribution in [0, 0.1) is 16.0 Å². The molecule has 1 aliphatic rings. The number of hydrogen-bond donors (Lipinski definition) is 2. The number of aliphatic hydroxyl groups is 1. The molecule has 1 aromatic rings. The topological polar surface area (TPSA) is 75.4 Å². The molecule has 20 heavy (non-hydrogen) atoms. The molecule has 0 unspecified atom stereocenters. The van der Waals surface area contributed by atoms with Crippen LogP contribution in [-0.4, -0.2) is 22.7 Å². The first-order chi connectivity index (χ1) is 9.56. The molecule has 0 aliphatic heterocycles. The molecule has 1 saturated carbocycles. The van der Waals surface area contributed by atoms with Crippen molar-refractivity contribution < 1.29 is 10.0 Å². The van der Waals surface area contributed by atoms with Crippen LogP contribution in [-0.2, 0) is 6.54 Å². The molecule has 0 spiro atoms. The van der Waals surface area contributed by atoms with Crippen molar-refractivity contribution in [2.75, 3.05) is 6.54 Å². The summed E-state index contributed by atoms with van der Waals surface area (Å²) in [6, 6.07) is 4.49. The Labute approximate surface area is 123 Å². The standard InChI is InChI=1S/C14H19ClN2O3/c15-14-6-3-12(17(19)20)7-11(14)9-16-8-10-1-4-13(18)5-2-10/h3,6-7,10,13,16,18H,1-2,4-5,8-9H2. The lowest BCUT2D eigenvalue weighted by molar-refractivity contribution is -0.384. The van der Waals surface area contributed by atoms with Gasteiger partial charge in [-0.2, -0.15) is 0 Å². The summed E-state index contributed by atoms with van der Waals surface area (Å²) in [6.45, 7) is 1.38. The number of nitro benzene ring substituents is 1. The fourth-order valence-electron chi connectivity index (χ4n) is 2.57. The second-order valence-corrected chi connectivity index (χ2v) is 5.75. The van der Waals surface area contributed by atoms with Crippen molar-refractivity contribution in [2.45, 2.75) is 38.3 Å². The molecule has 1 fully saturated rings. The number of nitrogens with zero attached hydrogens (tertiary/aromatic N) is 1. The van der Waals surface area contributed by atoms with Gasteiger partial charge in [0.1, 0.15) is 0 Å². The number of aliphatic hydroxyl groups excluding tert-OH is 1. The van der Waals surface area contributed by atoms with E-state index in [0.717, 1.165) is 37.8 Å². The van der Waals surface area contributed by atoms with Crippen molar-refractivity contribution >= 4 is 17.3 Å². The predicted molar refractivity (Wildman–Crippen MR) is 77.8 cm³/mol. The quantitative estimate of drug-likeness (QED) is 0.647. The van der Waals surface area contributed by atoms with Gasteiger partial charge < -0.3 is 10.4 Å². The van der Waals surface area contributed by atoms with Gasteiger partial charge in [0.05, 0.1) is 11.0 Å². The number of halogens is 1. The van der Waals surface area contributed by atoms with Crippen LogP contribution in [0.1, 0.15) is 31.2 Å². The molecule has 0 atom stereocenters. The average molecular weight is 299 g/mol. The molecule has 2 N–H and O–H groups in total. The Balaban J connectivity index is 1.84. The summed E-state index contributed by atoms with van der Waals surface area (Å²) >= 11 is 6.05.